The smallest absolute Gasteiger partial charge is 0.230 e. The van der Waals surface area contributed by atoms with Gasteiger partial charge in [0.25, 0.3) is 0 Å². The van der Waals surface area contributed by atoms with Gasteiger partial charge < -0.3 is 10.6 Å². The van der Waals surface area contributed by atoms with Crippen molar-refractivity contribution in [3.63, 3.8) is 0 Å². The van der Waals surface area contributed by atoms with E-state index < -0.39 is 0 Å². The molecule has 1 aromatic rings. The lowest BCUT2D eigenvalue weighted by Crippen LogP contribution is -2.48. The van der Waals surface area contributed by atoms with Gasteiger partial charge in [0.1, 0.15) is 6.07 Å². The highest BCUT2D eigenvalue weighted by atomic mass is 35.5. The van der Waals surface area contributed by atoms with Gasteiger partial charge in [-0.1, -0.05) is 11.6 Å². The van der Waals surface area contributed by atoms with E-state index >= 15 is 0 Å². The summed E-state index contributed by atoms with van der Waals surface area (Å²) in [4.78, 5) is 11.6. The minimum absolute atomic E-state index is 0.0143. The molecule has 5 heteroatoms. The topological polar surface area (TPSA) is 64.9 Å². The normalized spacial score (nSPS) is 15.0. The maximum Gasteiger partial charge on any atom is 0.230 e. The molecule has 0 bridgehead atoms. The second-order valence-electron chi connectivity index (χ2n) is 3.65. The van der Waals surface area contributed by atoms with Crippen LogP contribution in [0.15, 0.2) is 18.2 Å². The van der Waals surface area contributed by atoms with Crippen molar-refractivity contribution in [3.8, 4) is 6.07 Å². The molecule has 1 heterocycles. The summed E-state index contributed by atoms with van der Waals surface area (Å²) in [5, 5.41) is 14.8. The molecule has 0 saturated carbocycles. The summed E-state index contributed by atoms with van der Waals surface area (Å²) < 4.78 is 0. The highest BCUT2D eigenvalue weighted by Gasteiger charge is 2.24. The lowest BCUT2D eigenvalue weighted by molar-refractivity contribution is -0.121. The van der Waals surface area contributed by atoms with Gasteiger partial charge in [-0.15, -0.1) is 0 Å². The number of hydrogen-bond acceptors (Lipinski definition) is 3. The van der Waals surface area contributed by atoms with Crippen molar-refractivity contribution in [1.82, 2.24) is 5.32 Å². The third kappa shape index (κ3) is 2.16. The van der Waals surface area contributed by atoms with Gasteiger partial charge in [-0.25, -0.2) is 0 Å². The summed E-state index contributed by atoms with van der Waals surface area (Å²) in [5.74, 6) is 0.0222. The van der Waals surface area contributed by atoms with Crippen molar-refractivity contribution >= 4 is 23.2 Å². The Hall–Kier alpha value is -1.57. The summed E-state index contributed by atoms with van der Waals surface area (Å²) in [7, 11) is 0. The lowest BCUT2D eigenvalue weighted by Gasteiger charge is -2.25. The van der Waals surface area contributed by atoms with Crippen LogP contribution in [0.25, 0.3) is 0 Å². The number of carbonyl (C=O) groups is 1. The molecular formula is C11H10ClN3O. The Morgan fingerprint density at radius 3 is 2.81 bits per heavy atom. The van der Waals surface area contributed by atoms with Gasteiger partial charge in [-0.05, 0) is 18.2 Å². The predicted octanol–water partition coefficient (Wildman–Crippen LogP) is 1.37. The predicted molar refractivity (Wildman–Crippen MR) is 61.2 cm³/mol. The molecule has 1 aromatic carbocycles. The van der Waals surface area contributed by atoms with E-state index in [4.69, 9.17) is 16.9 Å². The monoisotopic (exact) mass is 235 g/mol. The molecule has 1 amide bonds. The number of nitrogens with zero attached hydrogens (tertiary/aromatic N) is 1. The Morgan fingerprint density at radius 1 is 1.56 bits per heavy atom. The Labute approximate surface area is 98.2 Å². The van der Waals surface area contributed by atoms with Crippen LogP contribution in [0.1, 0.15) is 5.56 Å². The summed E-state index contributed by atoms with van der Waals surface area (Å²) in [6.45, 7) is 1.44. The first kappa shape index (κ1) is 10.9. The fraction of sp³-hybridized carbons (Fsp3) is 0.273. The minimum atomic E-state index is -0.0143. The van der Waals surface area contributed by atoms with Gasteiger partial charge in [-0.2, -0.15) is 5.26 Å². The summed E-state index contributed by atoms with van der Waals surface area (Å²) in [5.41, 5.74) is 1.03. The molecule has 4 nitrogen and oxygen atoms in total. The summed E-state index contributed by atoms with van der Waals surface area (Å²) in [6.07, 6.45) is 0. The van der Waals surface area contributed by atoms with E-state index in [0.717, 1.165) is 13.1 Å². The standard InChI is InChI=1S/C11H10ClN3O/c12-10-3-9(2-1-7(10)4-13)15-11(16)8-5-14-6-8/h1-3,8,14H,5-6H2,(H,15,16). The Bertz CT molecular complexity index is 463. The number of anilines is 1. The van der Waals surface area contributed by atoms with Crippen molar-refractivity contribution in [2.75, 3.05) is 18.4 Å². The number of amides is 1. The Balaban J connectivity index is 2.07. The zero-order chi connectivity index (χ0) is 11.5. The van der Waals surface area contributed by atoms with Crippen molar-refractivity contribution in [2.24, 2.45) is 5.92 Å². The van der Waals surface area contributed by atoms with E-state index in [2.05, 4.69) is 10.6 Å². The number of halogens is 1. The van der Waals surface area contributed by atoms with Gasteiger partial charge >= 0.3 is 0 Å². The first-order valence-electron chi connectivity index (χ1n) is 4.92. The molecule has 0 aliphatic carbocycles. The second kappa shape index (κ2) is 4.52. The molecule has 2 rings (SSSR count). The molecule has 0 atom stereocenters. The van der Waals surface area contributed by atoms with Crippen LogP contribution in [-0.4, -0.2) is 19.0 Å². The van der Waals surface area contributed by atoms with E-state index in [9.17, 15) is 4.79 Å². The molecule has 1 saturated heterocycles. The Morgan fingerprint density at radius 2 is 2.31 bits per heavy atom. The molecule has 1 aliphatic heterocycles. The molecule has 82 valence electrons. The lowest BCUT2D eigenvalue weighted by atomic mass is 10.0. The molecule has 0 spiro atoms. The van der Waals surface area contributed by atoms with E-state index in [0.29, 0.717) is 16.3 Å². The third-order valence-corrected chi connectivity index (χ3v) is 2.82. The van der Waals surface area contributed by atoms with E-state index in [1.54, 1.807) is 18.2 Å². The molecule has 1 fully saturated rings. The van der Waals surface area contributed by atoms with Crippen LogP contribution < -0.4 is 10.6 Å². The molecule has 0 unspecified atom stereocenters. The zero-order valence-corrected chi connectivity index (χ0v) is 9.21. The van der Waals surface area contributed by atoms with Crippen LogP contribution in [0.2, 0.25) is 5.02 Å². The van der Waals surface area contributed by atoms with Crippen molar-refractivity contribution < 1.29 is 4.79 Å². The van der Waals surface area contributed by atoms with Gasteiger partial charge in [-0.3, -0.25) is 4.79 Å². The van der Waals surface area contributed by atoms with Crippen molar-refractivity contribution in [3.05, 3.63) is 28.8 Å². The maximum atomic E-state index is 11.6. The first-order valence-corrected chi connectivity index (χ1v) is 5.29. The summed E-state index contributed by atoms with van der Waals surface area (Å²) in [6, 6.07) is 6.82. The van der Waals surface area contributed by atoms with Crippen LogP contribution in [0, 0.1) is 17.2 Å². The van der Waals surface area contributed by atoms with Gasteiger partial charge in [0.05, 0.1) is 16.5 Å². The van der Waals surface area contributed by atoms with Gasteiger partial charge in [0.2, 0.25) is 5.91 Å². The van der Waals surface area contributed by atoms with Gasteiger partial charge in [0.15, 0.2) is 0 Å². The van der Waals surface area contributed by atoms with Crippen LogP contribution in [0.4, 0.5) is 5.69 Å². The minimum Gasteiger partial charge on any atom is -0.326 e. The number of nitrogens with one attached hydrogen (secondary N) is 2. The maximum absolute atomic E-state index is 11.6. The summed E-state index contributed by atoms with van der Waals surface area (Å²) >= 11 is 5.85. The van der Waals surface area contributed by atoms with Crippen LogP contribution >= 0.6 is 11.6 Å². The van der Waals surface area contributed by atoms with Crippen molar-refractivity contribution in [1.29, 1.82) is 5.26 Å². The molecule has 2 N–H and O–H groups in total. The Kier molecular flexibility index (Phi) is 3.09. The van der Waals surface area contributed by atoms with Crippen LogP contribution in [0.3, 0.4) is 0 Å². The number of benzene rings is 1. The largest absolute Gasteiger partial charge is 0.326 e. The molecule has 1 aliphatic rings. The highest BCUT2D eigenvalue weighted by Crippen LogP contribution is 2.20. The molecule has 16 heavy (non-hydrogen) atoms. The fourth-order valence-electron chi connectivity index (χ4n) is 1.40. The third-order valence-electron chi connectivity index (χ3n) is 2.51. The second-order valence-corrected chi connectivity index (χ2v) is 4.06. The molecular weight excluding hydrogens is 226 g/mol. The SMILES string of the molecule is N#Cc1ccc(NC(=O)C2CNC2)cc1Cl. The molecule has 0 aromatic heterocycles. The van der Waals surface area contributed by atoms with Gasteiger partial charge in [0, 0.05) is 18.8 Å². The highest BCUT2D eigenvalue weighted by molar-refractivity contribution is 6.32. The molecule has 0 radical (unpaired) electrons. The average Bonchev–Trinajstić information content (AvgIpc) is 2.15. The first-order chi connectivity index (χ1) is 7.70. The van der Waals surface area contributed by atoms with Crippen molar-refractivity contribution in [2.45, 2.75) is 0 Å². The quantitative estimate of drug-likeness (QED) is 0.814. The average molecular weight is 236 g/mol. The van der Waals surface area contributed by atoms with E-state index in [-0.39, 0.29) is 11.8 Å². The van der Waals surface area contributed by atoms with E-state index in [1.165, 1.54) is 0 Å². The van der Waals surface area contributed by atoms with Crippen LogP contribution in [-0.2, 0) is 4.79 Å². The number of nitriles is 1. The van der Waals surface area contributed by atoms with E-state index in [1.807, 2.05) is 6.07 Å². The van der Waals surface area contributed by atoms with Crippen LogP contribution in [0.5, 0.6) is 0 Å². The zero-order valence-electron chi connectivity index (χ0n) is 8.46. The number of hydrogen-bond donors (Lipinski definition) is 2. The fourth-order valence-corrected chi connectivity index (χ4v) is 1.62. The number of rotatable bonds is 2. The number of carbonyl (C=O) groups excluding carboxylic acids is 1.